The van der Waals surface area contributed by atoms with Gasteiger partial charge in [-0.1, -0.05) is 49.6 Å². The zero-order valence-corrected chi connectivity index (χ0v) is 19.6. The highest BCUT2D eigenvalue weighted by Gasteiger charge is 2.28. The summed E-state index contributed by atoms with van der Waals surface area (Å²) in [4.78, 5) is 32.7. The van der Waals surface area contributed by atoms with E-state index >= 15 is 0 Å². The van der Waals surface area contributed by atoms with Crippen molar-refractivity contribution in [3.05, 3.63) is 107 Å². The number of aromatic nitrogens is 3. The van der Waals surface area contributed by atoms with E-state index in [-0.39, 0.29) is 11.8 Å². The van der Waals surface area contributed by atoms with Crippen molar-refractivity contribution in [3.8, 4) is 0 Å². The maximum atomic E-state index is 13.8. The van der Waals surface area contributed by atoms with Crippen molar-refractivity contribution in [2.45, 2.75) is 51.1 Å². The molecule has 1 saturated carbocycles. The quantitative estimate of drug-likeness (QED) is 0.395. The molecule has 1 aliphatic carbocycles. The van der Waals surface area contributed by atoms with Gasteiger partial charge in [-0.15, -0.1) is 0 Å². The van der Waals surface area contributed by atoms with E-state index in [0.717, 1.165) is 16.9 Å². The molecule has 176 valence electrons. The molecular weight excluding hydrogens is 436 g/mol. The van der Waals surface area contributed by atoms with Crippen LogP contribution >= 0.6 is 0 Å². The number of carbonyl (C=O) groups is 2. The van der Waals surface area contributed by atoms with Gasteiger partial charge in [-0.3, -0.25) is 14.2 Å². The van der Waals surface area contributed by atoms with Gasteiger partial charge in [0.05, 0.1) is 13.1 Å². The first-order valence-corrected chi connectivity index (χ1v) is 12.4. The number of hydrogen-bond acceptors (Lipinski definition) is 3. The second-order valence-corrected chi connectivity index (χ2v) is 9.55. The van der Waals surface area contributed by atoms with E-state index < -0.39 is 0 Å². The minimum atomic E-state index is -0.135. The minimum absolute atomic E-state index is 0.0234. The third-order valence-corrected chi connectivity index (χ3v) is 7.44. The highest BCUT2D eigenvalue weighted by Crippen LogP contribution is 2.34. The van der Waals surface area contributed by atoms with Crippen LogP contribution in [0.15, 0.2) is 79.4 Å². The van der Waals surface area contributed by atoms with Gasteiger partial charge in [0.2, 0.25) is 0 Å². The van der Waals surface area contributed by atoms with Gasteiger partial charge >= 0.3 is 0 Å². The van der Waals surface area contributed by atoms with E-state index in [9.17, 15) is 9.59 Å². The Morgan fingerprint density at radius 1 is 0.829 bits per heavy atom. The second-order valence-electron chi connectivity index (χ2n) is 9.55. The van der Waals surface area contributed by atoms with Crippen LogP contribution in [0.25, 0.3) is 0 Å². The van der Waals surface area contributed by atoms with Crippen LogP contribution < -0.4 is 4.90 Å². The number of carbonyl (C=O) groups excluding carboxylic acids is 2. The molecule has 6 rings (SSSR count). The van der Waals surface area contributed by atoms with Gasteiger partial charge in [0.25, 0.3) is 11.8 Å². The molecule has 1 aliphatic heterocycles. The molecule has 0 radical (unpaired) electrons. The first kappa shape index (κ1) is 21.6. The van der Waals surface area contributed by atoms with E-state index in [4.69, 9.17) is 0 Å². The van der Waals surface area contributed by atoms with Crippen molar-refractivity contribution in [2.24, 2.45) is 0 Å². The molecule has 0 N–H and O–H groups in total. The van der Waals surface area contributed by atoms with Crippen LogP contribution in [0, 0.1) is 0 Å². The molecule has 2 aliphatic rings. The fourth-order valence-corrected chi connectivity index (χ4v) is 5.53. The van der Waals surface area contributed by atoms with Crippen molar-refractivity contribution in [1.29, 1.82) is 0 Å². The molecule has 2 aromatic carbocycles. The summed E-state index contributed by atoms with van der Waals surface area (Å²) in [6.07, 6.45) is 11.2. The number of anilines is 1. The van der Waals surface area contributed by atoms with Gasteiger partial charge in [-0.05, 0) is 60.2 Å². The van der Waals surface area contributed by atoms with E-state index in [1.807, 2.05) is 58.0 Å². The molecule has 0 bridgehead atoms. The number of benzene rings is 2. The van der Waals surface area contributed by atoms with Gasteiger partial charge in [-0.25, -0.2) is 4.98 Å². The third kappa shape index (κ3) is 3.99. The van der Waals surface area contributed by atoms with Crippen LogP contribution in [0.2, 0.25) is 0 Å². The molecule has 0 saturated heterocycles. The van der Waals surface area contributed by atoms with Crippen LogP contribution in [0.1, 0.15) is 75.7 Å². The zero-order valence-electron chi connectivity index (χ0n) is 19.6. The Bertz CT molecular complexity index is 1360. The number of imidazole rings is 1. The van der Waals surface area contributed by atoms with Crippen molar-refractivity contribution in [3.63, 3.8) is 0 Å². The van der Waals surface area contributed by atoms with Gasteiger partial charge < -0.3 is 9.47 Å². The topological polar surface area (TPSA) is 60.1 Å². The van der Waals surface area contributed by atoms with E-state index in [0.29, 0.717) is 30.3 Å². The van der Waals surface area contributed by atoms with Gasteiger partial charge in [-0.2, -0.15) is 0 Å². The molecule has 0 unspecified atom stereocenters. The Balaban J connectivity index is 1.33. The highest BCUT2D eigenvalue weighted by molar-refractivity contribution is 6.06. The summed E-state index contributed by atoms with van der Waals surface area (Å²) >= 11 is 0. The van der Waals surface area contributed by atoms with Crippen molar-refractivity contribution in [1.82, 2.24) is 14.1 Å². The Morgan fingerprint density at radius 3 is 2.40 bits per heavy atom. The second kappa shape index (κ2) is 9.02. The average Bonchev–Trinajstić information content (AvgIpc) is 3.55. The Kier molecular flexibility index (Phi) is 5.57. The predicted octanol–water partition coefficient (Wildman–Crippen LogP) is 5.63. The Labute approximate surface area is 204 Å². The monoisotopic (exact) mass is 464 g/mol. The van der Waals surface area contributed by atoms with Crippen LogP contribution in [-0.4, -0.2) is 25.9 Å². The van der Waals surface area contributed by atoms with Gasteiger partial charge in [0.1, 0.15) is 12.0 Å². The Hall–Kier alpha value is -3.93. The van der Waals surface area contributed by atoms with Crippen LogP contribution in [-0.2, 0) is 13.1 Å². The molecule has 35 heavy (non-hydrogen) atoms. The fraction of sp³-hybridized carbons (Fsp3) is 0.276. The molecule has 6 heteroatoms. The molecule has 3 heterocycles. The lowest BCUT2D eigenvalue weighted by molar-refractivity contribution is 0.0950. The van der Waals surface area contributed by atoms with Crippen LogP contribution in [0.4, 0.5) is 5.69 Å². The number of fused-ring (bicyclic) bond motifs is 2. The summed E-state index contributed by atoms with van der Waals surface area (Å²) in [6, 6.07) is 20.0. The lowest BCUT2D eigenvalue weighted by Gasteiger charge is -2.24. The number of nitrogens with zero attached hydrogens (tertiary/aromatic N) is 4. The maximum Gasteiger partial charge on any atom is 0.279 e. The van der Waals surface area contributed by atoms with Gasteiger partial charge in [0, 0.05) is 29.3 Å². The van der Waals surface area contributed by atoms with Crippen molar-refractivity contribution < 1.29 is 9.59 Å². The predicted molar refractivity (Wildman–Crippen MR) is 135 cm³/mol. The lowest BCUT2D eigenvalue weighted by atomic mass is 9.84. The van der Waals surface area contributed by atoms with Crippen molar-refractivity contribution >= 4 is 17.5 Å². The molecule has 1 fully saturated rings. The lowest BCUT2D eigenvalue weighted by Crippen LogP contribution is -2.30. The first-order chi connectivity index (χ1) is 17.2. The fourth-order valence-electron chi connectivity index (χ4n) is 5.53. The molecule has 0 atom stereocenters. The smallest absolute Gasteiger partial charge is 0.279 e. The Morgan fingerprint density at radius 2 is 1.63 bits per heavy atom. The molecule has 2 aromatic heterocycles. The third-order valence-electron chi connectivity index (χ3n) is 7.44. The average molecular weight is 465 g/mol. The SMILES string of the molecule is O=C(c1ccc(C2CCCCC2)cc1)N1Cc2ccc(C(=O)n3ccnc3)n2Cc2ccccc21. The zero-order chi connectivity index (χ0) is 23.8. The van der Waals surface area contributed by atoms with Gasteiger partial charge in [0.15, 0.2) is 0 Å². The maximum absolute atomic E-state index is 13.8. The van der Waals surface area contributed by atoms with Crippen LogP contribution in [0.5, 0.6) is 0 Å². The van der Waals surface area contributed by atoms with E-state index in [2.05, 4.69) is 17.1 Å². The largest absolute Gasteiger partial charge is 0.334 e. The van der Waals surface area contributed by atoms with E-state index in [1.54, 1.807) is 12.4 Å². The summed E-state index contributed by atoms with van der Waals surface area (Å²) in [5.41, 5.74) is 5.44. The summed E-state index contributed by atoms with van der Waals surface area (Å²) < 4.78 is 3.50. The molecular formula is C29H28N4O2. The summed E-state index contributed by atoms with van der Waals surface area (Å²) in [5.74, 6) is 0.454. The van der Waals surface area contributed by atoms with Crippen molar-refractivity contribution in [2.75, 3.05) is 4.90 Å². The molecule has 6 nitrogen and oxygen atoms in total. The van der Waals surface area contributed by atoms with E-state index in [1.165, 1.54) is 48.6 Å². The number of para-hydroxylation sites is 1. The summed E-state index contributed by atoms with van der Waals surface area (Å²) in [7, 11) is 0. The molecule has 0 spiro atoms. The molecule has 1 amide bonds. The molecule has 4 aromatic rings. The first-order valence-electron chi connectivity index (χ1n) is 12.4. The normalized spacial score (nSPS) is 15.8. The minimum Gasteiger partial charge on any atom is -0.334 e. The number of rotatable bonds is 3. The number of hydrogen-bond donors (Lipinski definition) is 0. The summed E-state index contributed by atoms with van der Waals surface area (Å²) in [5, 5.41) is 0. The highest BCUT2D eigenvalue weighted by atomic mass is 16.2. The number of amides is 1. The standard InChI is InChI=1S/C29H28N4O2/c34-28(23-12-10-22(11-13-23)21-6-2-1-3-7-21)33-19-25-14-15-27(29(35)31-17-16-30-20-31)32(25)18-24-8-4-5-9-26(24)33/h4-5,8-17,20-21H,1-3,6-7,18-19H2. The van der Waals surface area contributed by atoms with Crippen LogP contribution in [0.3, 0.4) is 0 Å². The summed E-state index contributed by atoms with van der Waals surface area (Å²) in [6.45, 7) is 0.927.